The molecule has 3 aromatic carbocycles. The fraction of sp³-hybridized carbons (Fsp3) is 0.0909. The predicted octanol–water partition coefficient (Wildman–Crippen LogP) is 3.54. The first-order chi connectivity index (χ1) is 13.7. The SMILES string of the molecule is NC(=NCc1cccc(CN=C(N)Nc2ccccc2)c1)Nc1ccccc1. The molecule has 0 fully saturated rings. The summed E-state index contributed by atoms with van der Waals surface area (Å²) in [4.78, 5) is 8.78. The van der Waals surface area contributed by atoms with Gasteiger partial charge in [0, 0.05) is 11.4 Å². The van der Waals surface area contributed by atoms with E-state index >= 15 is 0 Å². The number of guanidine groups is 2. The lowest BCUT2D eigenvalue weighted by molar-refractivity contribution is 1.02. The molecule has 0 aliphatic rings. The average molecular weight is 372 g/mol. The second-order valence-electron chi connectivity index (χ2n) is 6.20. The van der Waals surface area contributed by atoms with E-state index in [9.17, 15) is 0 Å². The molecule has 0 atom stereocenters. The van der Waals surface area contributed by atoms with Crippen LogP contribution < -0.4 is 22.1 Å². The molecule has 0 spiro atoms. The Morgan fingerprint density at radius 3 is 1.46 bits per heavy atom. The van der Waals surface area contributed by atoms with Crippen molar-refractivity contribution in [3.63, 3.8) is 0 Å². The van der Waals surface area contributed by atoms with E-state index in [1.54, 1.807) is 0 Å². The molecule has 3 aromatic rings. The Balaban J connectivity index is 1.56. The molecule has 0 aliphatic carbocycles. The Kier molecular flexibility index (Phi) is 6.62. The highest BCUT2D eigenvalue weighted by atomic mass is 15.1. The molecular formula is C22H24N6. The van der Waals surface area contributed by atoms with Crippen LogP contribution in [0.3, 0.4) is 0 Å². The molecule has 6 nitrogen and oxygen atoms in total. The number of benzene rings is 3. The van der Waals surface area contributed by atoms with Crippen molar-refractivity contribution in [3.8, 4) is 0 Å². The largest absolute Gasteiger partial charge is 0.370 e. The molecule has 28 heavy (non-hydrogen) atoms. The lowest BCUT2D eigenvalue weighted by atomic mass is 10.1. The van der Waals surface area contributed by atoms with Crippen molar-refractivity contribution >= 4 is 23.3 Å². The number of hydrogen-bond donors (Lipinski definition) is 4. The highest BCUT2D eigenvalue weighted by Gasteiger charge is 1.99. The van der Waals surface area contributed by atoms with Crippen molar-refractivity contribution in [3.05, 3.63) is 96.1 Å². The van der Waals surface area contributed by atoms with Crippen LogP contribution in [0, 0.1) is 0 Å². The topological polar surface area (TPSA) is 101 Å². The molecule has 0 unspecified atom stereocenters. The van der Waals surface area contributed by atoms with E-state index in [1.807, 2.05) is 78.9 Å². The molecule has 6 heteroatoms. The van der Waals surface area contributed by atoms with E-state index in [-0.39, 0.29) is 0 Å². The van der Waals surface area contributed by atoms with Gasteiger partial charge in [-0.15, -0.1) is 0 Å². The summed E-state index contributed by atoms with van der Waals surface area (Å²) < 4.78 is 0. The molecule has 0 radical (unpaired) electrons. The maximum absolute atomic E-state index is 5.96. The number of anilines is 2. The number of hydrogen-bond acceptors (Lipinski definition) is 2. The number of para-hydroxylation sites is 2. The standard InChI is InChI=1S/C22H24N6/c23-21(27-19-10-3-1-4-11-19)25-15-17-8-7-9-18(14-17)16-26-22(24)28-20-12-5-2-6-13-20/h1-14H,15-16H2,(H3,23,25,27)(H3,24,26,28). The summed E-state index contributed by atoms with van der Waals surface area (Å²) in [5.74, 6) is 0.761. The molecular weight excluding hydrogens is 348 g/mol. The molecule has 0 saturated heterocycles. The number of aliphatic imine (C=N–C) groups is 2. The summed E-state index contributed by atoms with van der Waals surface area (Å²) in [6.45, 7) is 0.974. The van der Waals surface area contributed by atoms with Crippen LogP contribution in [0.1, 0.15) is 11.1 Å². The first kappa shape index (κ1) is 19.0. The summed E-state index contributed by atoms with van der Waals surface area (Å²) in [7, 11) is 0. The first-order valence-corrected chi connectivity index (χ1v) is 9.01. The predicted molar refractivity (Wildman–Crippen MR) is 117 cm³/mol. The van der Waals surface area contributed by atoms with Gasteiger partial charge in [-0.3, -0.25) is 0 Å². The molecule has 3 rings (SSSR count). The minimum absolute atomic E-state index is 0.380. The van der Waals surface area contributed by atoms with Gasteiger partial charge in [-0.2, -0.15) is 0 Å². The van der Waals surface area contributed by atoms with Crippen molar-refractivity contribution in [1.82, 2.24) is 0 Å². The van der Waals surface area contributed by atoms with Crippen LogP contribution in [0.25, 0.3) is 0 Å². The Morgan fingerprint density at radius 2 is 1.04 bits per heavy atom. The second-order valence-corrected chi connectivity index (χ2v) is 6.20. The van der Waals surface area contributed by atoms with E-state index in [1.165, 1.54) is 0 Å². The molecule has 0 saturated carbocycles. The summed E-state index contributed by atoms with van der Waals surface area (Å²) in [5.41, 5.74) is 15.8. The van der Waals surface area contributed by atoms with Gasteiger partial charge in [0.1, 0.15) is 0 Å². The van der Waals surface area contributed by atoms with Crippen LogP contribution in [0.5, 0.6) is 0 Å². The monoisotopic (exact) mass is 372 g/mol. The highest BCUT2D eigenvalue weighted by molar-refractivity contribution is 5.92. The Bertz CT molecular complexity index is 861. The van der Waals surface area contributed by atoms with Crippen LogP contribution in [0.15, 0.2) is 94.9 Å². The van der Waals surface area contributed by atoms with Gasteiger partial charge in [-0.25, -0.2) is 9.98 Å². The Morgan fingerprint density at radius 1 is 0.607 bits per heavy atom. The van der Waals surface area contributed by atoms with Crippen LogP contribution in [0.4, 0.5) is 11.4 Å². The zero-order valence-electron chi connectivity index (χ0n) is 15.5. The van der Waals surface area contributed by atoms with Gasteiger partial charge < -0.3 is 22.1 Å². The highest BCUT2D eigenvalue weighted by Crippen LogP contribution is 2.09. The van der Waals surface area contributed by atoms with Gasteiger partial charge in [-0.1, -0.05) is 60.7 Å². The molecule has 0 bridgehead atoms. The van der Waals surface area contributed by atoms with Gasteiger partial charge in [0.2, 0.25) is 0 Å². The molecule has 0 aromatic heterocycles. The number of rotatable bonds is 6. The van der Waals surface area contributed by atoms with E-state index < -0.39 is 0 Å². The fourth-order valence-electron chi connectivity index (χ4n) is 2.60. The normalized spacial score (nSPS) is 11.9. The van der Waals surface area contributed by atoms with Crippen LogP contribution >= 0.6 is 0 Å². The first-order valence-electron chi connectivity index (χ1n) is 9.01. The minimum atomic E-state index is 0.380. The van der Waals surface area contributed by atoms with E-state index in [0.717, 1.165) is 22.5 Å². The van der Waals surface area contributed by atoms with Crippen molar-refractivity contribution in [1.29, 1.82) is 0 Å². The van der Waals surface area contributed by atoms with E-state index in [4.69, 9.17) is 11.5 Å². The maximum Gasteiger partial charge on any atom is 0.193 e. The van der Waals surface area contributed by atoms with Crippen molar-refractivity contribution in [2.24, 2.45) is 21.5 Å². The molecule has 142 valence electrons. The van der Waals surface area contributed by atoms with Gasteiger partial charge in [0.15, 0.2) is 11.9 Å². The average Bonchev–Trinajstić information content (AvgIpc) is 2.73. The second kappa shape index (κ2) is 9.78. The van der Waals surface area contributed by atoms with Gasteiger partial charge in [0.25, 0.3) is 0 Å². The zero-order valence-corrected chi connectivity index (χ0v) is 15.5. The third-order valence-corrected chi connectivity index (χ3v) is 3.95. The maximum atomic E-state index is 5.96. The third-order valence-electron chi connectivity index (χ3n) is 3.95. The van der Waals surface area contributed by atoms with Gasteiger partial charge in [0.05, 0.1) is 13.1 Å². The van der Waals surface area contributed by atoms with Crippen LogP contribution in [-0.4, -0.2) is 11.9 Å². The Labute approximate surface area is 165 Å². The van der Waals surface area contributed by atoms with Crippen LogP contribution in [0.2, 0.25) is 0 Å². The summed E-state index contributed by atoms with van der Waals surface area (Å²) in [6, 6.07) is 27.5. The molecule has 0 amide bonds. The lowest BCUT2D eigenvalue weighted by Gasteiger charge is -2.07. The smallest absolute Gasteiger partial charge is 0.193 e. The summed E-state index contributed by atoms with van der Waals surface area (Å²) in [6.07, 6.45) is 0. The number of nitrogens with one attached hydrogen (secondary N) is 2. The fourth-order valence-corrected chi connectivity index (χ4v) is 2.60. The molecule has 6 N–H and O–H groups in total. The van der Waals surface area contributed by atoms with Crippen molar-refractivity contribution < 1.29 is 0 Å². The molecule has 0 aliphatic heterocycles. The van der Waals surface area contributed by atoms with E-state index in [0.29, 0.717) is 25.0 Å². The van der Waals surface area contributed by atoms with Crippen molar-refractivity contribution in [2.45, 2.75) is 13.1 Å². The van der Waals surface area contributed by atoms with Crippen molar-refractivity contribution in [2.75, 3.05) is 10.6 Å². The minimum Gasteiger partial charge on any atom is -0.370 e. The van der Waals surface area contributed by atoms with E-state index in [2.05, 4.69) is 26.7 Å². The third kappa shape index (κ3) is 6.17. The summed E-state index contributed by atoms with van der Waals surface area (Å²) >= 11 is 0. The number of nitrogens with two attached hydrogens (primary N) is 2. The quantitative estimate of drug-likeness (QED) is 0.393. The Hall–Kier alpha value is -3.80. The zero-order chi connectivity index (χ0) is 19.6. The van der Waals surface area contributed by atoms with Crippen LogP contribution in [-0.2, 0) is 13.1 Å². The number of nitrogens with zero attached hydrogens (tertiary/aromatic N) is 2. The lowest BCUT2D eigenvalue weighted by Crippen LogP contribution is -2.22. The molecule has 0 heterocycles. The van der Waals surface area contributed by atoms with Gasteiger partial charge in [-0.05, 0) is 35.4 Å². The summed E-state index contributed by atoms with van der Waals surface area (Å²) in [5, 5.41) is 6.14. The van der Waals surface area contributed by atoms with Gasteiger partial charge >= 0.3 is 0 Å².